The Balaban J connectivity index is 2.00. The van der Waals surface area contributed by atoms with E-state index in [-0.39, 0.29) is 18.2 Å². The number of ether oxygens (including phenoxy) is 1. The zero-order valence-corrected chi connectivity index (χ0v) is 11.8. The molecular formula is C14H15F3N2O3. The summed E-state index contributed by atoms with van der Waals surface area (Å²) in [7, 11) is 1.26. The van der Waals surface area contributed by atoms with Gasteiger partial charge in [-0.2, -0.15) is 13.2 Å². The minimum absolute atomic E-state index is 0.0636. The van der Waals surface area contributed by atoms with Crippen molar-refractivity contribution in [1.82, 2.24) is 10.2 Å². The van der Waals surface area contributed by atoms with Crippen LogP contribution in [0.5, 0.6) is 0 Å². The van der Waals surface area contributed by atoms with E-state index in [1.165, 1.54) is 24.1 Å². The van der Waals surface area contributed by atoms with Gasteiger partial charge in [-0.1, -0.05) is 6.07 Å². The highest BCUT2D eigenvalue weighted by Crippen LogP contribution is 2.29. The van der Waals surface area contributed by atoms with Crippen molar-refractivity contribution in [2.45, 2.75) is 18.6 Å². The van der Waals surface area contributed by atoms with Crippen LogP contribution in [0.15, 0.2) is 24.3 Å². The van der Waals surface area contributed by atoms with Crippen molar-refractivity contribution in [3.05, 3.63) is 35.4 Å². The maximum Gasteiger partial charge on any atom is 0.416 e. The van der Waals surface area contributed by atoms with Crippen LogP contribution >= 0.6 is 0 Å². The fourth-order valence-corrected chi connectivity index (χ4v) is 2.28. The van der Waals surface area contributed by atoms with Crippen molar-refractivity contribution in [3.8, 4) is 0 Å². The first-order valence-corrected chi connectivity index (χ1v) is 6.62. The molecule has 120 valence electrons. The van der Waals surface area contributed by atoms with Gasteiger partial charge in [0.2, 0.25) is 0 Å². The quantitative estimate of drug-likeness (QED) is 0.910. The van der Waals surface area contributed by atoms with Crippen LogP contribution in [0.2, 0.25) is 0 Å². The van der Waals surface area contributed by atoms with Crippen LogP contribution in [-0.4, -0.2) is 43.1 Å². The molecule has 0 spiro atoms. The number of hydrogen-bond donors (Lipinski definition) is 1. The Morgan fingerprint density at radius 3 is 2.73 bits per heavy atom. The van der Waals surface area contributed by atoms with Crippen molar-refractivity contribution in [2.24, 2.45) is 0 Å². The highest BCUT2D eigenvalue weighted by molar-refractivity contribution is 5.94. The summed E-state index contributed by atoms with van der Waals surface area (Å²) in [5.74, 6) is -0.595. The molecule has 5 nitrogen and oxygen atoms in total. The van der Waals surface area contributed by atoms with Crippen molar-refractivity contribution in [1.29, 1.82) is 0 Å². The van der Waals surface area contributed by atoms with Crippen molar-refractivity contribution >= 4 is 12.0 Å². The van der Waals surface area contributed by atoms with Crippen LogP contribution in [0.4, 0.5) is 18.0 Å². The number of amides is 2. The topological polar surface area (TPSA) is 58.6 Å². The summed E-state index contributed by atoms with van der Waals surface area (Å²) in [6.45, 7) is 0.706. The van der Waals surface area contributed by atoms with E-state index in [0.29, 0.717) is 13.0 Å². The average Bonchev–Trinajstić information content (AvgIpc) is 2.94. The zero-order valence-electron chi connectivity index (χ0n) is 11.8. The second-order valence-electron chi connectivity index (χ2n) is 4.95. The lowest BCUT2D eigenvalue weighted by Gasteiger charge is -2.16. The first kappa shape index (κ1) is 16.1. The third-order valence-electron chi connectivity index (χ3n) is 3.41. The molecule has 0 radical (unpaired) electrons. The number of carbonyl (C=O) groups is 2. The van der Waals surface area contributed by atoms with Crippen molar-refractivity contribution in [2.75, 3.05) is 20.2 Å². The molecule has 1 saturated heterocycles. The minimum atomic E-state index is -4.49. The molecule has 1 heterocycles. The molecule has 1 aliphatic heterocycles. The number of halogens is 3. The molecule has 0 aromatic heterocycles. The van der Waals surface area contributed by atoms with E-state index in [2.05, 4.69) is 10.1 Å². The number of methoxy groups -OCH3 is 1. The Bertz CT molecular complexity index is 575. The van der Waals surface area contributed by atoms with E-state index < -0.39 is 23.7 Å². The van der Waals surface area contributed by atoms with Gasteiger partial charge >= 0.3 is 12.3 Å². The average molecular weight is 316 g/mol. The number of rotatable bonds is 2. The third kappa shape index (κ3) is 3.69. The molecule has 1 N–H and O–H groups in total. The first-order chi connectivity index (χ1) is 10.3. The highest BCUT2D eigenvalue weighted by Gasteiger charge is 2.32. The van der Waals surface area contributed by atoms with Gasteiger partial charge in [0.25, 0.3) is 5.91 Å². The summed E-state index contributed by atoms with van der Waals surface area (Å²) in [5.41, 5.74) is -0.936. The van der Waals surface area contributed by atoms with E-state index in [4.69, 9.17) is 0 Å². The normalized spacial score (nSPS) is 18.2. The molecule has 1 aromatic carbocycles. The van der Waals surface area contributed by atoms with Gasteiger partial charge in [0.1, 0.15) is 0 Å². The summed E-state index contributed by atoms with van der Waals surface area (Å²) < 4.78 is 42.5. The monoisotopic (exact) mass is 316 g/mol. The summed E-state index contributed by atoms with van der Waals surface area (Å²) >= 11 is 0. The molecule has 0 bridgehead atoms. The van der Waals surface area contributed by atoms with Crippen LogP contribution in [0, 0.1) is 0 Å². The van der Waals surface area contributed by atoms with Crippen LogP contribution in [0.25, 0.3) is 0 Å². The molecule has 0 unspecified atom stereocenters. The molecule has 2 rings (SSSR count). The van der Waals surface area contributed by atoms with E-state index >= 15 is 0 Å². The summed E-state index contributed by atoms with van der Waals surface area (Å²) in [4.78, 5) is 24.8. The number of hydrogen-bond acceptors (Lipinski definition) is 3. The lowest BCUT2D eigenvalue weighted by Crippen LogP contribution is -2.38. The molecule has 8 heteroatoms. The van der Waals surface area contributed by atoms with Gasteiger partial charge in [-0.15, -0.1) is 0 Å². The number of benzene rings is 1. The predicted molar refractivity (Wildman–Crippen MR) is 71.3 cm³/mol. The number of nitrogens with zero attached hydrogens (tertiary/aromatic N) is 1. The van der Waals surface area contributed by atoms with Crippen molar-refractivity contribution in [3.63, 3.8) is 0 Å². The lowest BCUT2D eigenvalue weighted by molar-refractivity contribution is -0.137. The van der Waals surface area contributed by atoms with Crippen LogP contribution in [-0.2, 0) is 10.9 Å². The molecule has 1 atom stereocenters. The molecule has 1 aliphatic rings. The van der Waals surface area contributed by atoms with Gasteiger partial charge < -0.3 is 15.0 Å². The van der Waals surface area contributed by atoms with E-state index in [1.54, 1.807) is 0 Å². The Kier molecular flexibility index (Phi) is 4.58. The summed E-state index contributed by atoms with van der Waals surface area (Å²) in [6.07, 6.45) is -4.46. The number of likely N-dealkylation sites (tertiary alicyclic amines) is 1. The van der Waals surface area contributed by atoms with Gasteiger partial charge in [0.15, 0.2) is 0 Å². The molecule has 0 aliphatic carbocycles. The second-order valence-corrected chi connectivity index (χ2v) is 4.95. The standard InChI is InChI=1S/C14H15F3N2O3/c1-22-13(21)19-6-5-11(8-19)18-12(20)9-3-2-4-10(7-9)14(15,16)17/h2-4,7,11H,5-6,8H2,1H3,(H,18,20)/t11-/m1/s1. The van der Waals surface area contributed by atoms with Crippen molar-refractivity contribution < 1.29 is 27.5 Å². The van der Waals surface area contributed by atoms with Gasteiger partial charge in [-0.3, -0.25) is 4.79 Å². The largest absolute Gasteiger partial charge is 0.453 e. The smallest absolute Gasteiger partial charge is 0.416 e. The lowest BCUT2D eigenvalue weighted by atomic mass is 10.1. The van der Waals surface area contributed by atoms with Crippen LogP contribution in [0.1, 0.15) is 22.3 Å². The SMILES string of the molecule is COC(=O)N1CC[C@@H](NC(=O)c2cccc(C(F)(F)F)c2)C1. The van der Waals surface area contributed by atoms with Gasteiger partial charge in [-0.05, 0) is 24.6 Å². The van der Waals surface area contributed by atoms with E-state index in [9.17, 15) is 22.8 Å². The fraction of sp³-hybridized carbons (Fsp3) is 0.429. The maximum atomic E-state index is 12.6. The van der Waals surface area contributed by atoms with Gasteiger partial charge in [0.05, 0.1) is 12.7 Å². The highest BCUT2D eigenvalue weighted by atomic mass is 19.4. The second kappa shape index (κ2) is 6.25. The van der Waals surface area contributed by atoms with Crippen LogP contribution in [0.3, 0.4) is 0 Å². The molecule has 1 fully saturated rings. The van der Waals surface area contributed by atoms with E-state index in [0.717, 1.165) is 12.1 Å². The maximum absolute atomic E-state index is 12.6. The molecule has 0 saturated carbocycles. The van der Waals surface area contributed by atoms with Gasteiger partial charge in [0, 0.05) is 24.7 Å². The van der Waals surface area contributed by atoms with Gasteiger partial charge in [-0.25, -0.2) is 4.79 Å². The Morgan fingerprint density at radius 2 is 2.09 bits per heavy atom. The fourth-order valence-electron chi connectivity index (χ4n) is 2.28. The third-order valence-corrected chi connectivity index (χ3v) is 3.41. The predicted octanol–water partition coefficient (Wildman–Crippen LogP) is 2.28. The number of nitrogens with one attached hydrogen (secondary N) is 1. The zero-order chi connectivity index (χ0) is 16.3. The Hall–Kier alpha value is -2.25. The summed E-state index contributed by atoms with van der Waals surface area (Å²) in [5, 5.41) is 2.63. The molecule has 2 amide bonds. The minimum Gasteiger partial charge on any atom is -0.453 e. The Morgan fingerprint density at radius 1 is 1.36 bits per heavy atom. The number of alkyl halides is 3. The summed E-state index contributed by atoms with van der Waals surface area (Å²) in [6, 6.07) is 3.92. The van der Waals surface area contributed by atoms with E-state index in [1.807, 2.05) is 0 Å². The van der Waals surface area contributed by atoms with Crippen LogP contribution < -0.4 is 5.32 Å². The Labute approximate surface area is 125 Å². The number of carbonyl (C=O) groups excluding carboxylic acids is 2. The molecule has 22 heavy (non-hydrogen) atoms. The molecule has 1 aromatic rings. The molecular weight excluding hydrogens is 301 g/mol. The first-order valence-electron chi connectivity index (χ1n) is 6.62.